The predicted molar refractivity (Wildman–Crippen MR) is 417 cm³/mol. The molecular weight excluding hydrogens is 1470 g/mol. The van der Waals surface area contributed by atoms with Gasteiger partial charge in [0.2, 0.25) is 35.4 Å². The number of benzene rings is 6. The fraction of sp³-hybridized carbons (Fsp3) is 0.424. The topological polar surface area (TPSA) is 308 Å². The number of anilines is 4. The lowest BCUT2D eigenvalue weighted by atomic mass is 9.88. The van der Waals surface area contributed by atoms with Crippen LogP contribution >= 0.6 is 0 Å². The van der Waals surface area contributed by atoms with Gasteiger partial charge in [-0.2, -0.15) is 13.2 Å². The number of nitrogens with zero attached hydrogens (tertiary/aromatic N) is 5. The van der Waals surface area contributed by atoms with E-state index in [1.807, 2.05) is 60.8 Å². The Kier molecular flexibility index (Phi) is 24.8. The number of aliphatic hydroxyl groups is 1. The number of halogens is 3. The van der Waals surface area contributed by atoms with Gasteiger partial charge >= 0.3 is 12.3 Å². The molecule has 7 aliphatic rings. The first-order chi connectivity index (χ1) is 54.8. The van der Waals surface area contributed by atoms with Crippen LogP contribution in [0.5, 0.6) is 23.0 Å². The zero-order valence-electron chi connectivity index (χ0n) is 64.3. The lowest BCUT2D eigenvalue weighted by Gasteiger charge is -2.32. The Morgan fingerprint density at radius 2 is 1.36 bits per heavy atom. The molecule has 1 spiro atoms. The van der Waals surface area contributed by atoms with Crippen molar-refractivity contribution in [3.63, 3.8) is 0 Å². The summed E-state index contributed by atoms with van der Waals surface area (Å²) in [7, 11) is 2.96. The molecule has 0 bridgehead atoms. The van der Waals surface area contributed by atoms with Gasteiger partial charge in [0, 0.05) is 61.1 Å². The van der Waals surface area contributed by atoms with E-state index in [-0.39, 0.29) is 90.4 Å². The van der Waals surface area contributed by atoms with Crippen LogP contribution in [0.4, 0.5) is 40.7 Å². The van der Waals surface area contributed by atoms with E-state index in [0.717, 1.165) is 45.6 Å². The quantitative estimate of drug-likeness (QED) is 0.0177. The number of hydrogen-bond donors (Lipinski definition) is 7. The van der Waals surface area contributed by atoms with E-state index >= 15 is 0 Å². The lowest BCUT2D eigenvalue weighted by molar-refractivity contribution is -0.148. The molecule has 6 heterocycles. The second-order valence-corrected chi connectivity index (χ2v) is 30.4. The molecule has 600 valence electrons. The number of para-hydroxylation sites is 1. The first-order valence-corrected chi connectivity index (χ1v) is 38.7. The minimum absolute atomic E-state index is 0.0715. The van der Waals surface area contributed by atoms with Crippen LogP contribution in [0, 0.1) is 23.2 Å². The summed E-state index contributed by atoms with van der Waals surface area (Å²) in [4.78, 5) is 130. The first-order valence-electron chi connectivity index (χ1n) is 38.7. The van der Waals surface area contributed by atoms with Crippen molar-refractivity contribution >= 4 is 81.7 Å². The SMILES string of the molecule is COc1cc2c(cc1OCCCCCOc1cc3c(cc1OC)C(=O)N1CC4(CC4)C[C@H]1C(O)N3C(=O)OCc1ccc(NC(=O)[C@H](C)NC(=O)[C@@H](NC(=O)CNC(=O)CNC(=O)CCC(=O)N3Cc4ccccc4C#Cc4ccccc43)C(C)C)cc1)NC[C@@H]1CC(c3ccc(C4CCN(CC(F)(F)F)CC4)cc3)=CN1C2=O. The number of amides is 9. The van der Waals surface area contributed by atoms with E-state index in [4.69, 9.17) is 23.7 Å². The summed E-state index contributed by atoms with van der Waals surface area (Å²) in [5, 5.41) is 28.6. The van der Waals surface area contributed by atoms with Gasteiger partial charge in [0.25, 0.3) is 11.8 Å². The maximum Gasteiger partial charge on any atom is 0.416 e. The molecule has 1 saturated carbocycles. The van der Waals surface area contributed by atoms with E-state index in [1.54, 1.807) is 71.0 Å². The van der Waals surface area contributed by atoms with Crippen molar-refractivity contribution in [1.29, 1.82) is 0 Å². The second-order valence-electron chi connectivity index (χ2n) is 30.4. The Labute approximate surface area is 658 Å². The summed E-state index contributed by atoms with van der Waals surface area (Å²) in [6.07, 6.45) is 0.939. The maximum atomic E-state index is 14.5. The van der Waals surface area contributed by atoms with Crippen molar-refractivity contribution in [2.24, 2.45) is 11.3 Å². The zero-order chi connectivity index (χ0) is 80.5. The van der Waals surface area contributed by atoms with E-state index in [2.05, 4.69) is 55.9 Å². The Morgan fingerprint density at radius 1 is 0.702 bits per heavy atom. The zero-order valence-corrected chi connectivity index (χ0v) is 64.3. The Morgan fingerprint density at radius 3 is 2.05 bits per heavy atom. The molecule has 3 fully saturated rings. The number of alkyl halides is 3. The Balaban J connectivity index is 0.553. The summed E-state index contributed by atoms with van der Waals surface area (Å²) in [5.74, 6) is 3.29. The average Bonchev–Trinajstić information content (AvgIpc) is 1.56. The number of ether oxygens (including phenoxy) is 5. The molecule has 0 radical (unpaired) electrons. The highest BCUT2D eigenvalue weighted by Crippen LogP contribution is 2.57. The maximum absolute atomic E-state index is 14.5. The molecule has 9 amide bonds. The van der Waals surface area contributed by atoms with Crippen molar-refractivity contribution in [1.82, 2.24) is 36.0 Å². The molecule has 114 heavy (non-hydrogen) atoms. The number of carbonyl (C=O) groups is 9. The molecule has 0 aromatic heterocycles. The van der Waals surface area contributed by atoms with Crippen LogP contribution in [-0.4, -0.2) is 183 Å². The number of rotatable bonds is 28. The number of hydrogen-bond acceptors (Lipinski definition) is 17. The van der Waals surface area contributed by atoms with Gasteiger partial charge in [-0.15, -0.1) is 0 Å². The number of likely N-dealkylation sites (tertiary alicyclic amines) is 1. The summed E-state index contributed by atoms with van der Waals surface area (Å²) in [6.45, 7) is 5.15. The molecule has 6 aromatic carbocycles. The standard InChI is InChI=1S/C85H94F3N11O15/c1-51(2)77(94-75(102)45-91-74(101)44-90-73(100)27-28-76(103)97-46-59-15-8-7-13-54(59)23-24-58-14-9-10-16-66(58)97)79(105)92-52(3)78(104)93-61-25-17-53(18-26-61)48-114-83(109)99-67-41-72(70(111-5)39-64(67)81(107)98-49-84(31-32-84)42-68(98)82(99)108)113-36-12-6-11-35-112-71-40-65-63(38-69(71)110-4)80(106)96-47-60(37-62(96)43-89-65)56-21-19-55(20-22-56)57-29-33-95(34-30-57)50-85(86,87)88/h7-10,13-22,25-26,38-41,47,51-52,57,62,68,77,82,89,108H,6,11-12,27-37,42-46,48-50H2,1-5H3,(H,90,100)(H,91,101)(H,92,105)(H,93,104)(H,94,102)/t52-,62-,68-,77-,82?/m0/s1. The Hall–Kier alpha value is -11.6. The van der Waals surface area contributed by atoms with E-state index in [0.29, 0.717) is 123 Å². The lowest BCUT2D eigenvalue weighted by Crippen LogP contribution is -2.55. The van der Waals surface area contributed by atoms with Crippen molar-refractivity contribution in [3.05, 3.63) is 172 Å². The molecule has 5 atom stereocenters. The summed E-state index contributed by atoms with van der Waals surface area (Å²) in [6, 6.07) is 32.8. The second kappa shape index (κ2) is 35.2. The summed E-state index contributed by atoms with van der Waals surface area (Å²) in [5.41, 5.74) is 7.98. The highest BCUT2D eigenvalue weighted by Gasteiger charge is 2.58. The Bertz CT molecular complexity index is 4740. The number of piperidine rings is 1. The number of methoxy groups -OCH3 is 2. The molecule has 29 heteroatoms. The van der Waals surface area contributed by atoms with Gasteiger partial charge < -0.3 is 75.4 Å². The van der Waals surface area contributed by atoms with Gasteiger partial charge in [0.05, 0.1) is 93.9 Å². The highest BCUT2D eigenvalue weighted by atomic mass is 19.4. The van der Waals surface area contributed by atoms with Crippen LogP contribution in [0.2, 0.25) is 0 Å². The van der Waals surface area contributed by atoms with Gasteiger partial charge in [-0.25, -0.2) is 9.69 Å². The molecule has 6 aliphatic heterocycles. The number of carbonyl (C=O) groups excluding carboxylic acids is 9. The van der Waals surface area contributed by atoms with E-state index < -0.39 is 91.7 Å². The van der Waals surface area contributed by atoms with Crippen LogP contribution in [0.15, 0.2) is 128 Å². The highest BCUT2D eigenvalue weighted by molar-refractivity contribution is 6.07. The third-order valence-corrected chi connectivity index (χ3v) is 22.1. The largest absolute Gasteiger partial charge is 0.493 e. The molecule has 2 saturated heterocycles. The van der Waals surface area contributed by atoms with Gasteiger partial charge in [0.15, 0.2) is 29.2 Å². The van der Waals surface area contributed by atoms with Crippen molar-refractivity contribution < 1.29 is 85.1 Å². The van der Waals surface area contributed by atoms with Crippen molar-refractivity contribution in [2.45, 2.75) is 147 Å². The number of unbranched alkanes of at least 4 members (excludes halogenated alkanes) is 2. The molecular formula is C85H94F3N11O15. The van der Waals surface area contributed by atoms with Gasteiger partial charge in [-0.3, -0.25) is 43.3 Å². The van der Waals surface area contributed by atoms with E-state index in [1.165, 1.54) is 38.2 Å². The van der Waals surface area contributed by atoms with Gasteiger partial charge in [-0.05, 0) is 165 Å². The van der Waals surface area contributed by atoms with Crippen LogP contribution in [-0.2, 0) is 46.7 Å². The fourth-order valence-corrected chi connectivity index (χ4v) is 15.5. The molecule has 7 N–H and O–H groups in total. The van der Waals surface area contributed by atoms with Gasteiger partial charge in [0.1, 0.15) is 18.7 Å². The number of aliphatic hydroxyl groups excluding tert-OH is 1. The van der Waals surface area contributed by atoms with E-state index in [9.17, 15) is 61.4 Å². The first kappa shape index (κ1) is 80.4. The average molecular weight is 1570 g/mol. The monoisotopic (exact) mass is 1570 g/mol. The van der Waals surface area contributed by atoms with Crippen molar-refractivity contribution in [2.75, 3.05) is 93.7 Å². The number of fused-ring (bicyclic) bond motifs is 6. The van der Waals surface area contributed by atoms with Gasteiger partial charge in [-0.1, -0.05) is 92.4 Å². The van der Waals surface area contributed by atoms with Crippen LogP contribution in [0.25, 0.3) is 5.57 Å². The van der Waals surface area contributed by atoms with Crippen LogP contribution in [0.1, 0.15) is 151 Å². The molecule has 13 rings (SSSR count). The smallest absolute Gasteiger partial charge is 0.416 e. The minimum atomic E-state index is -4.21. The summed E-state index contributed by atoms with van der Waals surface area (Å²) < 4.78 is 68.9. The van der Waals surface area contributed by atoms with Crippen molar-refractivity contribution in [3.8, 4) is 34.8 Å². The summed E-state index contributed by atoms with van der Waals surface area (Å²) >= 11 is 0. The molecule has 6 aromatic rings. The third-order valence-electron chi connectivity index (χ3n) is 22.1. The predicted octanol–water partition coefficient (Wildman–Crippen LogP) is 9.77. The molecule has 1 unspecified atom stereocenters. The third kappa shape index (κ3) is 19.0. The van der Waals surface area contributed by atoms with Crippen LogP contribution in [0.3, 0.4) is 0 Å². The minimum Gasteiger partial charge on any atom is -0.493 e. The molecule has 26 nitrogen and oxygen atoms in total. The number of nitrogens with one attached hydrogen (secondary N) is 6. The normalized spacial score (nSPS) is 18.5. The molecule has 1 aliphatic carbocycles. The fourth-order valence-electron chi connectivity index (χ4n) is 15.5. The van der Waals surface area contributed by atoms with Crippen LogP contribution < -0.4 is 60.6 Å².